The Morgan fingerprint density at radius 1 is 1.07 bits per heavy atom. The number of hydrogen-bond acceptors (Lipinski definition) is 6. The van der Waals surface area contributed by atoms with Crippen LogP contribution in [0.5, 0.6) is 17.2 Å². The number of nitrogens with zero attached hydrogens (tertiary/aromatic N) is 1. The van der Waals surface area contributed by atoms with Crippen LogP contribution in [0.3, 0.4) is 0 Å². The van der Waals surface area contributed by atoms with E-state index >= 15 is 0 Å². The van der Waals surface area contributed by atoms with E-state index in [0.29, 0.717) is 56.8 Å². The maximum atomic E-state index is 12.9. The molecule has 0 spiro atoms. The average molecular weight is 448 g/mol. The number of nitro benzene ring substituents is 1. The Bertz CT molecular complexity index is 999. The highest BCUT2D eigenvalue weighted by Crippen LogP contribution is 2.45. The minimum absolute atomic E-state index is 0.00801. The summed E-state index contributed by atoms with van der Waals surface area (Å²) in [5.74, 6) is 1.25. The van der Waals surface area contributed by atoms with Crippen molar-refractivity contribution in [1.82, 2.24) is 0 Å². The number of ether oxygens (including phenoxy) is 3. The van der Waals surface area contributed by atoms with Gasteiger partial charge in [-0.1, -0.05) is 0 Å². The van der Waals surface area contributed by atoms with Crippen LogP contribution >= 0.6 is 15.9 Å². The molecule has 28 heavy (non-hydrogen) atoms. The number of hydrogen-bond donors (Lipinski definition) is 0. The topological polar surface area (TPSA) is 87.9 Å². The monoisotopic (exact) mass is 447 g/mol. The molecule has 2 aromatic rings. The van der Waals surface area contributed by atoms with Crippen molar-refractivity contribution < 1.29 is 23.9 Å². The van der Waals surface area contributed by atoms with Crippen molar-refractivity contribution in [2.24, 2.45) is 0 Å². The third kappa shape index (κ3) is 3.47. The quantitative estimate of drug-likeness (QED) is 0.378. The highest BCUT2D eigenvalue weighted by atomic mass is 79.9. The predicted octanol–water partition coefficient (Wildman–Crippen LogP) is 4.60. The van der Waals surface area contributed by atoms with Gasteiger partial charge in [0.25, 0.3) is 5.69 Å². The summed E-state index contributed by atoms with van der Waals surface area (Å²) in [6.07, 6.45) is 2.81. The van der Waals surface area contributed by atoms with Crippen LogP contribution in [-0.2, 0) is 6.42 Å². The molecule has 146 valence electrons. The summed E-state index contributed by atoms with van der Waals surface area (Å²) < 4.78 is 16.8. The highest BCUT2D eigenvalue weighted by molar-refractivity contribution is 9.10. The molecule has 0 aromatic heterocycles. The number of non-ortho nitro benzene ring substituents is 1. The van der Waals surface area contributed by atoms with Crippen LogP contribution in [-0.4, -0.2) is 32.0 Å². The van der Waals surface area contributed by atoms with Crippen molar-refractivity contribution >= 4 is 33.5 Å². The largest absolute Gasteiger partial charge is 0.493 e. The van der Waals surface area contributed by atoms with E-state index in [2.05, 4.69) is 15.9 Å². The average Bonchev–Trinajstić information content (AvgIpc) is 2.70. The number of halogens is 1. The SMILES string of the molecule is COc1cc(/C=C2\CCc3cc([N+](=O)[O-])ccc3C2=O)c(Br)c(OC)c1OC. The molecule has 0 unspecified atom stereocenters. The van der Waals surface area contributed by atoms with Crippen molar-refractivity contribution in [3.8, 4) is 17.2 Å². The van der Waals surface area contributed by atoms with E-state index in [4.69, 9.17) is 14.2 Å². The van der Waals surface area contributed by atoms with Gasteiger partial charge >= 0.3 is 0 Å². The maximum absolute atomic E-state index is 12.9. The minimum atomic E-state index is -0.455. The zero-order valence-corrected chi connectivity index (χ0v) is 17.2. The molecule has 0 N–H and O–H groups in total. The molecule has 0 saturated heterocycles. The second-order valence-electron chi connectivity index (χ2n) is 6.15. The van der Waals surface area contributed by atoms with E-state index in [1.807, 2.05) is 0 Å². The van der Waals surface area contributed by atoms with Gasteiger partial charge in [-0.15, -0.1) is 0 Å². The third-order valence-electron chi connectivity index (χ3n) is 4.63. The molecule has 8 heteroatoms. The number of benzene rings is 2. The summed E-state index contributed by atoms with van der Waals surface area (Å²) >= 11 is 3.51. The first-order valence-electron chi connectivity index (χ1n) is 8.42. The van der Waals surface area contributed by atoms with E-state index in [-0.39, 0.29) is 11.5 Å². The van der Waals surface area contributed by atoms with Crippen molar-refractivity contribution in [2.45, 2.75) is 12.8 Å². The zero-order valence-electron chi connectivity index (χ0n) is 15.6. The molecule has 0 heterocycles. The van der Waals surface area contributed by atoms with Gasteiger partial charge in [0.05, 0.1) is 30.7 Å². The molecule has 7 nitrogen and oxygen atoms in total. The van der Waals surface area contributed by atoms with Gasteiger partial charge < -0.3 is 14.2 Å². The Balaban J connectivity index is 2.05. The van der Waals surface area contributed by atoms with E-state index in [1.165, 1.54) is 39.5 Å². The highest BCUT2D eigenvalue weighted by Gasteiger charge is 2.25. The van der Waals surface area contributed by atoms with Gasteiger partial charge in [-0.3, -0.25) is 14.9 Å². The molecule has 1 aliphatic carbocycles. The summed E-state index contributed by atoms with van der Waals surface area (Å²) in [6, 6.07) is 6.11. The Morgan fingerprint density at radius 2 is 1.79 bits per heavy atom. The summed E-state index contributed by atoms with van der Waals surface area (Å²) in [5.41, 5.74) is 2.50. The van der Waals surface area contributed by atoms with Crippen LogP contribution in [0.25, 0.3) is 6.08 Å². The molecule has 1 aliphatic rings. The van der Waals surface area contributed by atoms with Crippen LogP contribution in [0.15, 0.2) is 34.3 Å². The van der Waals surface area contributed by atoms with Crippen LogP contribution in [0.4, 0.5) is 5.69 Å². The lowest BCUT2D eigenvalue weighted by Gasteiger charge is -2.19. The predicted molar refractivity (Wildman–Crippen MR) is 108 cm³/mol. The van der Waals surface area contributed by atoms with Gasteiger partial charge in [-0.05, 0) is 58.1 Å². The number of carbonyl (C=O) groups excluding carboxylic acids is 1. The molecule has 0 bridgehead atoms. The van der Waals surface area contributed by atoms with E-state index in [9.17, 15) is 14.9 Å². The third-order valence-corrected chi connectivity index (χ3v) is 5.44. The summed E-state index contributed by atoms with van der Waals surface area (Å²) in [5, 5.41) is 11.0. The first kappa shape index (κ1) is 19.9. The molecular weight excluding hydrogens is 430 g/mol. The number of fused-ring (bicyclic) bond motifs is 1. The molecular formula is C20H18BrNO6. The molecule has 0 fully saturated rings. The van der Waals surface area contributed by atoms with E-state index < -0.39 is 4.92 Å². The van der Waals surface area contributed by atoms with Gasteiger partial charge in [-0.2, -0.15) is 0 Å². The Kier molecular flexibility index (Phi) is 5.69. The lowest BCUT2D eigenvalue weighted by molar-refractivity contribution is -0.384. The normalized spacial score (nSPS) is 14.6. The van der Waals surface area contributed by atoms with E-state index in [1.54, 1.807) is 12.1 Å². The maximum Gasteiger partial charge on any atom is 0.269 e. The summed E-state index contributed by atoms with van der Waals surface area (Å²) in [7, 11) is 4.57. The Labute approximate surface area is 170 Å². The van der Waals surface area contributed by atoms with Gasteiger partial charge in [0.2, 0.25) is 5.75 Å². The first-order valence-corrected chi connectivity index (χ1v) is 9.21. The van der Waals surface area contributed by atoms with Crippen LogP contribution in [0, 0.1) is 10.1 Å². The number of rotatable bonds is 5. The smallest absolute Gasteiger partial charge is 0.269 e. The fourth-order valence-corrected chi connectivity index (χ4v) is 3.82. The van der Waals surface area contributed by atoms with Crippen LogP contribution < -0.4 is 14.2 Å². The molecule has 0 radical (unpaired) electrons. The summed E-state index contributed by atoms with van der Waals surface area (Å²) in [4.78, 5) is 23.4. The van der Waals surface area contributed by atoms with Crippen molar-refractivity contribution in [3.05, 3.63) is 61.1 Å². The molecule has 3 rings (SSSR count). The standard InChI is InChI=1S/C20H18BrNO6/c1-26-16-10-13(17(21)20(28-3)19(16)27-2)8-12-5-4-11-9-14(22(24)25)6-7-15(11)18(12)23/h6-10H,4-5H2,1-3H3/b12-8+. The Morgan fingerprint density at radius 3 is 2.39 bits per heavy atom. The zero-order chi connectivity index (χ0) is 20.4. The second-order valence-corrected chi connectivity index (χ2v) is 6.94. The number of aryl methyl sites for hydroxylation is 1. The number of nitro groups is 1. The van der Waals surface area contributed by atoms with Crippen LogP contribution in [0.1, 0.15) is 27.9 Å². The van der Waals surface area contributed by atoms with Crippen LogP contribution in [0.2, 0.25) is 0 Å². The molecule has 2 aromatic carbocycles. The fraction of sp³-hybridized carbons (Fsp3) is 0.250. The van der Waals surface area contributed by atoms with Gasteiger partial charge in [-0.25, -0.2) is 0 Å². The van der Waals surface area contributed by atoms with Gasteiger partial charge in [0.1, 0.15) is 0 Å². The van der Waals surface area contributed by atoms with Gasteiger partial charge in [0, 0.05) is 23.3 Å². The minimum Gasteiger partial charge on any atom is -0.493 e. The van der Waals surface area contributed by atoms with E-state index in [0.717, 1.165) is 0 Å². The summed E-state index contributed by atoms with van der Waals surface area (Å²) in [6.45, 7) is 0. The van der Waals surface area contributed by atoms with Gasteiger partial charge in [0.15, 0.2) is 17.3 Å². The first-order chi connectivity index (χ1) is 13.4. The van der Waals surface area contributed by atoms with Crippen molar-refractivity contribution in [3.63, 3.8) is 0 Å². The molecule has 0 aliphatic heterocycles. The number of ketones is 1. The molecule has 0 atom stereocenters. The second kappa shape index (κ2) is 8.02. The number of Topliss-reactive ketones (excluding diaryl/α,β-unsaturated/α-hetero) is 1. The number of methoxy groups -OCH3 is 3. The lowest BCUT2D eigenvalue weighted by atomic mass is 9.85. The Hall–Kier alpha value is -2.87. The number of allylic oxidation sites excluding steroid dienone is 1. The fourth-order valence-electron chi connectivity index (χ4n) is 3.25. The number of carbonyl (C=O) groups is 1. The molecule has 0 saturated carbocycles. The van der Waals surface area contributed by atoms with Crippen molar-refractivity contribution in [1.29, 1.82) is 0 Å². The lowest BCUT2D eigenvalue weighted by Crippen LogP contribution is -2.14. The van der Waals surface area contributed by atoms with Crippen molar-refractivity contribution in [2.75, 3.05) is 21.3 Å². The molecule has 0 amide bonds.